The summed E-state index contributed by atoms with van der Waals surface area (Å²) in [6.07, 6.45) is 0.232. The fraction of sp³-hybridized carbons (Fsp3) is 0.462. The van der Waals surface area contributed by atoms with Crippen LogP contribution in [0.25, 0.3) is 0 Å². The fourth-order valence-corrected chi connectivity index (χ4v) is 1.86. The molecule has 0 aliphatic carbocycles. The molecular weight excluding hydrogens is 188 g/mol. The van der Waals surface area contributed by atoms with Gasteiger partial charge in [-0.3, -0.25) is 4.79 Å². The van der Waals surface area contributed by atoms with Crippen LogP contribution in [0.1, 0.15) is 37.3 Å². The van der Waals surface area contributed by atoms with Crippen LogP contribution in [0.4, 0.5) is 0 Å². The molecule has 2 heteroatoms. The maximum Gasteiger partial charge on any atom is 0.303 e. The zero-order chi connectivity index (χ0) is 11.4. The number of hydrogen-bond donors (Lipinski definition) is 1. The van der Waals surface area contributed by atoms with Crippen LogP contribution in [0.5, 0.6) is 0 Å². The van der Waals surface area contributed by atoms with E-state index in [1.807, 2.05) is 19.1 Å². The maximum atomic E-state index is 10.6. The maximum absolute atomic E-state index is 10.6. The van der Waals surface area contributed by atoms with Crippen LogP contribution in [-0.4, -0.2) is 11.1 Å². The van der Waals surface area contributed by atoms with Crippen LogP contribution in [0.2, 0.25) is 0 Å². The summed E-state index contributed by atoms with van der Waals surface area (Å²) in [6.45, 7) is 6.15. The lowest BCUT2D eigenvalue weighted by atomic mass is 9.85. The van der Waals surface area contributed by atoms with E-state index < -0.39 is 5.97 Å². The molecule has 0 heterocycles. The van der Waals surface area contributed by atoms with Crippen LogP contribution in [0.15, 0.2) is 24.3 Å². The third-order valence-corrected chi connectivity index (χ3v) is 3.03. The number of rotatable bonds is 4. The molecule has 1 aromatic rings. The van der Waals surface area contributed by atoms with Gasteiger partial charge in [-0.15, -0.1) is 0 Å². The molecule has 0 amide bonds. The van der Waals surface area contributed by atoms with Crippen LogP contribution in [0.3, 0.4) is 0 Å². The molecule has 2 atom stereocenters. The van der Waals surface area contributed by atoms with Gasteiger partial charge < -0.3 is 5.11 Å². The lowest BCUT2D eigenvalue weighted by Crippen LogP contribution is -2.12. The van der Waals surface area contributed by atoms with Crippen molar-refractivity contribution < 1.29 is 9.90 Å². The first-order valence-electron chi connectivity index (χ1n) is 5.29. The number of aryl methyl sites for hydroxylation is 1. The summed E-state index contributed by atoms with van der Waals surface area (Å²) in [4.78, 5) is 10.6. The number of carbonyl (C=O) groups is 1. The van der Waals surface area contributed by atoms with Crippen molar-refractivity contribution in [1.82, 2.24) is 0 Å². The van der Waals surface area contributed by atoms with Crippen molar-refractivity contribution in [2.75, 3.05) is 0 Å². The molecule has 2 nitrogen and oxygen atoms in total. The summed E-state index contributed by atoms with van der Waals surface area (Å²) < 4.78 is 0. The van der Waals surface area contributed by atoms with E-state index in [2.05, 4.69) is 26.0 Å². The van der Waals surface area contributed by atoms with Gasteiger partial charge in [-0.2, -0.15) is 0 Å². The second-order valence-corrected chi connectivity index (χ2v) is 4.22. The number of carboxylic acid groups (broad SMARTS) is 1. The molecule has 0 bridgehead atoms. The van der Waals surface area contributed by atoms with Gasteiger partial charge in [-0.25, -0.2) is 0 Å². The van der Waals surface area contributed by atoms with Crippen molar-refractivity contribution >= 4 is 5.97 Å². The topological polar surface area (TPSA) is 37.3 Å². The van der Waals surface area contributed by atoms with Gasteiger partial charge in [0.25, 0.3) is 0 Å². The highest BCUT2D eigenvalue weighted by Gasteiger charge is 2.18. The summed E-state index contributed by atoms with van der Waals surface area (Å²) in [5.74, 6) is -0.256. The largest absolute Gasteiger partial charge is 0.481 e. The van der Waals surface area contributed by atoms with Gasteiger partial charge in [0, 0.05) is 6.42 Å². The van der Waals surface area contributed by atoms with E-state index in [0.29, 0.717) is 5.92 Å². The average Bonchev–Trinajstić information content (AvgIpc) is 2.16. The smallest absolute Gasteiger partial charge is 0.303 e. The number of aliphatic carboxylic acids is 1. The fourth-order valence-electron chi connectivity index (χ4n) is 1.86. The SMILES string of the molecule is Cc1ccccc1[C@H](C)[C@H](C)CC(=O)O. The average molecular weight is 206 g/mol. The molecule has 0 aliphatic rings. The number of carboxylic acids is 1. The van der Waals surface area contributed by atoms with Crippen molar-refractivity contribution in [3.63, 3.8) is 0 Å². The molecule has 0 fully saturated rings. The number of benzene rings is 1. The molecule has 0 saturated carbocycles. The van der Waals surface area contributed by atoms with E-state index in [1.165, 1.54) is 11.1 Å². The molecule has 0 spiro atoms. The highest BCUT2D eigenvalue weighted by Crippen LogP contribution is 2.28. The first-order valence-corrected chi connectivity index (χ1v) is 5.29. The van der Waals surface area contributed by atoms with E-state index in [1.54, 1.807) is 0 Å². The van der Waals surface area contributed by atoms with Gasteiger partial charge in [-0.1, -0.05) is 38.1 Å². The molecule has 1 aromatic carbocycles. The highest BCUT2D eigenvalue weighted by molar-refractivity contribution is 5.67. The number of hydrogen-bond acceptors (Lipinski definition) is 1. The first-order chi connectivity index (χ1) is 7.02. The molecule has 1 N–H and O–H groups in total. The Balaban J connectivity index is 2.80. The molecule has 0 unspecified atom stereocenters. The second kappa shape index (κ2) is 4.96. The third-order valence-electron chi connectivity index (χ3n) is 3.03. The molecule has 0 aromatic heterocycles. The van der Waals surface area contributed by atoms with Crippen molar-refractivity contribution in [3.05, 3.63) is 35.4 Å². The Morgan fingerprint density at radius 2 is 1.93 bits per heavy atom. The monoisotopic (exact) mass is 206 g/mol. The Hall–Kier alpha value is -1.31. The van der Waals surface area contributed by atoms with Crippen molar-refractivity contribution in [3.8, 4) is 0 Å². The van der Waals surface area contributed by atoms with Crippen LogP contribution in [0, 0.1) is 12.8 Å². The lowest BCUT2D eigenvalue weighted by Gasteiger charge is -2.20. The molecule has 0 radical (unpaired) electrons. The Kier molecular flexibility index (Phi) is 3.89. The normalized spacial score (nSPS) is 14.6. The van der Waals surface area contributed by atoms with Gasteiger partial charge in [0.05, 0.1) is 0 Å². The van der Waals surface area contributed by atoms with Crippen LogP contribution >= 0.6 is 0 Å². The van der Waals surface area contributed by atoms with Crippen molar-refractivity contribution in [1.29, 1.82) is 0 Å². The van der Waals surface area contributed by atoms with E-state index >= 15 is 0 Å². The van der Waals surface area contributed by atoms with Crippen molar-refractivity contribution in [2.24, 2.45) is 5.92 Å². The van der Waals surface area contributed by atoms with Gasteiger partial charge >= 0.3 is 5.97 Å². The Morgan fingerprint density at radius 3 is 2.47 bits per heavy atom. The summed E-state index contributed by atoms with van der Waals surface area (Å²) in [7, 11) is 0. The zero-order valence-electron chi connectivity index (χ0n) is 9.53. The van der Waals surface area contributed by atoms with Gasteiger partial charge in [0.2, 0.25) is 0 Å². The predicted molar refractivity (Wildman–Crippen MR) is 61.0 cm³/mol. The van der Waals surface area contributed by atoms with Gasteiger partial charge in [0.1, 0.15) is 0 Å². The summed E-state index contributed by atoms with van der Waals surface area (Å²) >= 11 is 0. The molecule has 1 rings (SSSR count). The van der Waals surface area contributed by atoms with Crippen LogP contribution in [-0.2, 0) is 4.79 Å². The second-order valence-electron chi connectivity index (χ2n) is 4.22. The minimum Gasteiger partial charge on any atom is -0.481 e. The summed E-state index contributed by atoms with van der Waals surface area (Å²) in [6, 6.07) is 8.16. The molecule has 82 valence electrons. The quantitative estimate of drug-likeness (QED) is 0.821. The Bertz CT molecular complexity index is 344. The lowest BCUT2D eigenvalue weighted by molar-refractivity contribution is -0.138. The first kappa shape index (κ1) is 11.8. The van der Waals surface area contributed by atoms with E-state index in [9.17, 15) is 4.79 Å². The predicted octanol–water partition coefficient (Wildman–Crippen LogP) is 3.21. The molecule has 0 saturated heterocycles. The van der Waals surface area contributed by atoms with E-state index in [4.69, 9.17) is 5.11 Å². The molecule has 15 heavy (non-hydrogen) atoms. The molecular formula is C13H18O2. The van der Waals surface area contributed by atoms with Crippen LogP contribution < -0.4 is 0 Å². The van der Waals surface area contributed by atoms with Gasteiger partial charge in [0.15, 0.2) is 0 Å². The standard InChI is InChI=1S/C13H18O2/c1-9-6-4-5-7-12(9)11(3)10(2)8-13(14)15/h4-7,10-11H,8H2,1-3H3,(H,14,15)/t10-,11-/m1/s1. The Labute approximate surface area is 90.9 Å². The summed E-state index contributed by atoms with van der Waals surface area (Å²) in [5, 5.41) is 8.75. The van der Waals surface area contributed by atoms with E-state index in [-0.39, 0.29) is 12.3 Å². The summed E-state index contributed by atoms with van der Waals surface area (Å²) in [5.41, 5.74) is 2.49. The third kappa shape index (κ3) is 3.08. The zero-order valence-corrected chi connectivity index (χ0v) is 9.53. The Morgan fingerprint density at radius 1 is 1.33 bits per heavy atom. The van der Waals surface area contributed by atoms with E-state index in [0.717, 1.165) is 0 Å². The van der Waals surface area contributed by atoms with Gasteiger partial charge in [-0.05, 0) is 29.9 Å². The minimum atomic E-state index is -0.720. The molecule has 0 aliphatic heterocycles. The highest BCUT2D eigenvalue weighted by atomic mass is 16.4. The minimum absolute atomic E-state index is 0.170. The van der Waals surface area contributed by atoms with Crippen molar-refractivity contribution in [2.45, 2.75) is 33.1 Å².